The zero-order valence-electron chi connectivity index (χ0n) is 7.88. The van der Waals surface area contributed by atoms with E-state index in [1.165, 1.54) is 0 Å². The van der Waals surface area contributed by atoms with Crippen LogP contribution in [-0.2, 0) is 9.53 Å². The maximum Gasteiger partial charge on any atom is 0.248 e. The van der Waals surface area contributed by atoms with Gasteiger partial charge in [0.05, 0.1) is 0 Å². The van der Waals surface area contributed by atoms with Crippen molar-refractivity contribution in [2.45, 2.75) is 20.3 Å². The summed E-state index contributed by atoms with van der Waals surface area (Å²) in [5, 5.41) is 0. The molecule has 1 aliphatic heterocycles. The first-order valence-corrected chi connectivity index (χ1v) is 4.59. The van der Waals surface area contributed by atoms with Crippen molar-refractivity contribution in [3.8, 4) is 0 Å². The Hall–Kier alpha value is -0.570. The first-order chi connectivity index (χ1) is 5.74. The molecule has 0 saturated carbocycles. The molecular formula is C9H17NO2. The first kappa shape index (κ1) is 9.52. The smallest absolute Gasteiger partial charge is 0.248 e. The van der Waals surface area contributed by atoms with Gasteiger partial charge in [-0.25, -0.2) is 0 Å². The van der Waals surface area contributed by atoms with Crippen LogP contribution in [0.2, 0.25) is 0 Å². The lowest BCUT2D eigenvalue weighted by Gasteiger charge is -2.15. The van der Waals surface area contributed by atoms with Crippen LogP contribution < -0.4 is 0 Å². The monoisotopic (exact) mass is 171 g/mol. The van der Waals surface area contributed by atoms with Gasteiger partial charge in [0.1, 0.15) is 6.61 Å². The summed E-state index contributed by atoms with van der Waals surface area (Å²) >= 11 is 0. The van der Waals surface area contributed by atoms with Gasteiger partial charge in [-0.3, -0.25) is 4.79 Å². The van der Waals surface area contributed by atoms with E-state index < -0.39 is 0 Å². The molecule has 12 heavy (non-hydrogen) atoms. The van der Waals surface area contributed by atoms with E-state index >= 15 is 0 Å². The Morgan fingerprint density at radius 1 is 1.67 bits per heavy atom. The number of rotatable bonds is 3. The zero-order valence-corrected chi connectivity index (χ0v) is 7.88. The number of ether oxygens (including phenoxy) is 1. The molecule has 0 aliphatic carbocycles. The fraction of sp³-hybridized carbons (Fsp3) is 0.889. The highest BCUT2D eigenvalue weighted by Gasteiger charge is 2.22. The molecule has 1 fully saturated rings. The van der Waals surface area contributed by atoms with Crippen molar-refractivity contribution >= 4 is 5.91 Å². The molecule has 1 heterocycles. The number of amides is 1. The van der Waals surface area contributed by atoms with Gasteiger partial charge in [-0.2, -0.15) is 0 Å². The lowest BCUT2D eigenvalue weighted by atomic mass is 10.2. The molecule has 1 rings (SSSR count). The summed E-state index contributed by atoms with van der Waals surface area (Å²) in [5.41, 5.74) is 0. The van der Waals surface area contributed by atoms with E-state index in [1.807, 2.05) is 11.8 Å². The molecule has 0 aromatic rings. The number of likely N-dealkylation sites (tertiary alicyclic amines) is 1. The van der Waals surface area contributed by atoms with Crippen LogP contribution in [0.4, 0.5) is 0 Å². The minimum atomic E-state index is 0.140. The molecule has 70 valence electrons. The molecule has 0 N–H and O–H groups in total. The summed E-state index contributed by atoms with van der Waals surface area (Å²) < 4.78 is 5.05. The van der Waals surface area contributed by atoms with Crippen molar-refractivity contribution in [3.63, 3.8) is 0 Å². The molecule has 0 radical (unpaired) electrons. The summed E-state index contributed by atoms with van der Waals surface area (Å²) in [6.45, 7) is 6.77. The summed E-state index contributed by atoms with van der Waals surface area (Å²) in [4.78, 5) is 13.2. The highest BCUT2D eigenvalue weighted by atomic mass is 16.5. The third-order valence-corrected chi connectivity index (χ3v) is 2.21. The van der Waals surface area contributed by atoms with Crippen molar-refractivity contribution < 1.29 is 9.53 Å². The van der Waals surface area contributed by atoms with Crippen molar-refractivity contribution in [2.24, 2.45) is 5.92 Å². The van der Waals surface area contributed by atoms with E-state index in [0.29, 0.717) is 12.5 Å². The van der Waals surface area contributed by atoms with E-state index in [4.69, 9.17) is 4.74 Å². The standard InChI is InChI=1S/C9H17NO2/c1-3-12-7-9(11)10-5-4-8(2)6-10/h8H,3-7H2,1-2H3. The second kappa shape index (κ2) is 4.45. The lowest BCUT2D eigenvalue weighted by Crippen LogP contribution is -2.31. The summed E-state index contributed by atoms with van der Waals surface area (Å²) in [6.07, 6.45) is 1.14. The van der Waals surface area contributed by atoms with E-state index in [2.05, 4.69) is 6.92 Å². The number of nitrogens with zero attached hydrogens (tertiary/aromatic N) is 1. The number of hydrogen-bond acceptors (Lipinski definition) is 2. The van der Waals surface area contributed by atoms with Crippen molar-refractivity contribution in [2.75, 3.05) is 26.3 Å². The van der Waals surface area contributed by atoms with Gasteiger partial charge in [-0.05, 0) is 19.3 Å². The Morgan fingerprint density at radius 2 is 2.42 bits per heavy atom. The zero-order chi connectivity index (χ0) is 8.97. The molecule has 0 spiro atoms. The molecular weight excluding hydrogens is 154 g/mol. The Morgan fingerprint density at radius 3 is 2.92 bits per heavy atom. The SMILES string of the molecule is CCOCC(=O)N1CCC(C)C1. The Kier molecular flexibility index (Phi) is 3.53. The van der Waals surface area contributed by atoms with Crippen LogP contribution in [-0.4, -0.2) is 37.1 Å². The normalized spacial score (nSPS) is 23.2. The molecule has 0 aromatic heterocycles. The van der Waals surface area contributed by atoms with Gasteiger partial charge in [0.25, 0.3) is 0 Å². The van der Waals surface area contributed by atoms with Crippen LogP contribution >= 0.6 is 0 Å². The molecule has 1 saturated heterocycles. The second-order valence-electron chi connectivity index (χ2n) is 3.37. The Bertz CT molecular complexity index is 159. The van der Waals surface area contributed by atoms with Crippen LogP contribution in [0.5, 0.6) is 0 Å². The molecule has 1 unspecified atom stereocenters. The first-order valence-electron chi connectivity index (χ1n) is 4.59. The van der Waals surface area contributed by atoms with Gasteiger partial charge >= 0.3 is 0 Å². The van der Waals surface area contributed by atoms with E-state index in [0.717, 1.165) is 19.5 Å². The van der Waals surface area contributed by atoms with Crippen molar-refractivity contribution in [1.82, 2.24) is 4.90 Å². The van der Waals surface area contributed by atoms with Gasteiger partial charge in [-0.1, -0.05) is 6.92 Å². The van der Waals surface area contributed by atoms with Crippen LogP contribution in [0.1, 0.15) is 20.3 Å². The summed E-state index contributed by atoms with van der Waals surface area (Å²) in [7, 11) is 0. The van der Waals surface area contributed by atoms with Gasteiger partial charge < -0.3 is 9.64 Å². The minimum absolute atomic E-state index is 0.140. The van der Waals surface area contributed by atoms with Gasteiger partial charge in [0.2, 0.25) is 5.91 Å². The molecule has 1 atom stereocenters. The molecule has 1 amide bonds. The highest BCUT2D eigenvalue weighted by molar-refractivity contribution is 5.77. The third-order valence-electron chi connectivity index (χ3n) is 2.21. The maximum atomic E-state index is 11.4. The summed E-state index contributed by atoms with van der Waals surface area (Å²) in [5.74, 6) is 0.803. The predicted octanol–water partition coefficient (Wildman–Crippen LogP) is 0.891. The van der Waals surface area contributed by atoms with Crippen molar-refractivity contribution in [3.05, 3.63) is 0 Å². The van der Waals surface area contributed by atoms with E-state index in [-0.39, 0.29) is 12.5 Å². The predicted molar refractivity (Wildman–Crippen MR) is 46.9 cm³/mol. The molecule has 1 aliphatic rings. The van der Waals surface area contributed by atoms with Crippen LogP contribution in [0.3, 0.4) is 0 Å². The van der Waals surface area contributed by atoms with Crippen LogP contribution in [0.15, 0.2) is 0 Å². The number of carbonyl (C=O) groups is 1. The largest absolute Gasteiger partial charge is 0.372 e. The fourth-order valence-electron chi connectivity index (χ4n) is 1.44. The van der Waals surface area contributed by atoms with E-state index in [1.54, 1.807) is 0 Å². The van der Waals surface area contributed by atoms with Crippen LogP contribution in [0.25, 0.3) is 0 Å². The van der Waals surface area contributed by atoms with Crippen LogP contribution in [0, 0.1) is 5.92 Å². The Balaban J connectivity index is 2.23. The fourth-order valence-corrected chi connectivity index (χ4v) is 1.44. The maximum absolute atomic E-state index is 11.4. The van der Waals surface area contributed by atoms with Crippen molar-refractivity contribution in [1.29, 1.82) is 0 Å². The van der Waals surface area contributed by atoms with Gasteiger partial charge in [0, 0.05) is 19.7 Å². The van der Waals surface area contributed by atoms with Gasteiger partial charge in [0.15, 0.2) is 0 Å². The third kappa shape index (κ3) is 2.48. The summed E-state index contributed by atoms with van der Waals surface area (Å²) in [6, 6.07) is 0. The molecule has 0 aromatic carbocycles. The topological polar surface area (TPSA) is 29.5 Å². The molecule has 3 nitrogen and oxygen atoms in total. The number of carbonyl (C=O) groups excluding carboxylic acids is 1. The second-order valence-corrected chi connectivity index (χ2v) is 3.37. The minimum Gasteiger partial charge on any atom is -0.372 e. The van der Waals surface area contributed by atoms with E-state index in [9.17, 15) is 4.79 Å². The number of hydrogen-bond donors (Lipinski definition) is 0. The van der Waals surface area contributed by atoms with Gasteiger partial charge in [-0.15, -0.1) is 0 Å². The Labute approximate surface area is 73.7 Å². The highest BCUT2D eigenvalue weighted by Crippen LogP contribution is 2.14. The average Bonchev–Trinajstić information content (AvgIpc) is 2.47. The molecule has 3 heteroatoms. The average molecular weight is 171 g/mol. The lowest BCUT2D eigenvalue weighted by molar-refractivity contribution is -0.135. The quantitative estimate of drug-likeness (QED) is 0.631. The molecule has 0 bridgehead atoms.